The summed E-state index contributed by atoms with van der Waals surface area (Å²) in [6, 6.07) is 10.6. The highest BCUT2D eigenvalue weighted by molar-refractivity contribution is 9.10. The van der Waals surface area contributed by atoms with Gasteiger partial charge in [-0.3, -0.25) is 4.79 Å². The van der Waals surface area contributed by atoms with Crippen LogP contribution in [-0.4, -0.2) is 25.1 Å². The molecule has 2 aromatic rings. The molecule has 0 radical (unpaired) electrons. The first-order valence-corrected chi connectivity index (χ1v) is 8.07. The Bertz CT molecular complexity index is 754. The highest BCUT2D eigenvalue weighted by Crippen LogP contribution is 2.21. The van der Waals surface area contributed by atoms with Crippen LogP contribution in [0.15, 0.2) is 40.2 Å². The number of halogens is 1. The van der Waals surface area contributed by atoms with E-state index in [1.165, 1.54) is 11.3 Å². The number of ether oxygens (including phenoxy) is 2. The summed E-state index contributed by atoms with van der Waals surface area (Å²) in [6.45, 7) is -0.740. The third-order valence-electron chi connectivity index (χ3n) is 2.56. The van der Waals surface area contributed by atoms with Crippen LogP contribution in [0.25, 0.3) is 0 Å². The van der Waals surface area contributed by atoms with E-state index < -0.39 is 18.5 Å². The fourth-order valence-corrected chi connectivity index (χ4v) is 2.68. The Balaban J connectivity index is 1.74. The largest absolute Gasteiger partial charge is 0.482 e. The maximum Gasteiger partial charge on any atom is 0.344 e. The third-order valence-corrected chi connectivity index (χ3v) is 3.88. The number of nitrogens with zero attached hydrogens (tertiary/aromatic N) is 1. The summed E-state index contributed by atoms with van der Waals surface area (Å²) >= 11 is 4.51. The van der Waals surface area contributed by atoms with Crippen LogP contribution in [0.4, 0.5) is 5.00 Å². The van der Waals surface area contributed by atoms with Gasteiger partial charge in [0.05, 0.1) is 5.56 Å². The predicted octanol–water partition coefficient (Wildman–Crippen LogP) is 2.94. The van der Waals surface area contributed by atoms with E-state index in [1.807, 2.05) is 12.1 Å². The lowest BCUT2D eigenvalue weighted by Crippen LogP contribution is -2.23. The summed E-state index contributed by atoms with van der Waals surface area (Å²) < 4.78 is 10.9. The summed E-state index contributed by atoms with van der Waals surface area (Å²) in [6.07, 6.45) is 0. The van der Waals surface area contributed by atoms with E-state index in [0.29, 0.717) is 16.3 Å². The third kappa shape index (κ3) is 5.39. The van der Waals surface area contributed by atoms with Crippen LogP contribution >= 0.6 is 27.3 Å². The van der Waals surface area contributed by atoms with E-state index in [9.17, 15) is 9.59 Å². The molecule has 0 bridgehead atoms. The van der Waals surface area contributed by atoms with E-state index in [0.717, 1.165) is 4.47 Å². The second kappa shape index (κ2) is 8.31. The fraction of sp³-hybridized carbons (Fsp3) is 0.133. The number of carbonyl (C=O) groups excluding carboxylic acids is 2. The van der Waals surface area contributed by atoms with Gasteiger partial charge in [-0.05, 0) is 29.6 Å². The highest BCUT2D eigenvalue weighted by atomic mass is 79.9. The topological polar surface area (TPSA) is 88.4 Å². The molecule has 1 aromatic heterocycles. The van der Waals surface area contributed by atoms with Gasteiger partial charge in [-0.15, -0.1) is 11.3 Å². The Morgan fingerprint density at radius 1 is 1.30 bits per heavy atom. The number of amides is 1. The number of thiophene rings is 1. The molecule has 0 fully saturated rings. The lowest BCUT2D eigenvalue weighted by Gasteiger charge is -2.07. The maximum atomic E-state index is 11.7. The molecular formula is C15H11BrN2O4S. The van der Waals surface area contributed by atoms with E-state index >= 15 is 0 Å². The Kier molecular flexibility index (Phi) is 6.14. The van der Waals surface area contributed by atoms with E-state index in [-0.39, 0.29) is 6.61 Å². The molecule has 6 nitrogen and oxygen atoms in total. The number of hydrogen-bond donors (Lipinski definition) is 1. The standard InChI is InChI=1S/C15H11BrN2O4S/c16-11-2-1-3-12(6-11)21-9-14(20)22-8-13(19)18-15-10(7-17)4-5-23-15/h1-6H,8-9H2,(H,18,19). The van der Waals surface area contributed by atoms with Gasteiger partial charge in [0.25, 0.3) is 5.91 Å². The van der Waals surface area contributed by atoms with Gasteiger partial charge < -0.3 is 14.8 Å². The molecule has 0 atom stereocenters. The van der Waals surface area contributed by atoms with Gasteiger partial charge in [-0.1, -0.05) is 22.0 Å². The molecule has 1 aromatic carbocycles. The summed E-state index contributed by atoms with van der Waals surface area (Å²) in [7, 11) is 0. The van der Waals surface area contributed by atoms with Crippen molar-refractivity contribution in [2.75, 3.05) is 18.5 Å². The molecular weight excluding hydrogens is 384 g/mol. The fourth-order valence-electron chi connectivity index (χ4n) is 1.54. The van der Waals surface area contributed by atoms with Gasteiger partial charge in [0, 0.05) is 4.47 Å². The van der Waals surface area contributed by atoms with E-state index in [4.69, 9.17) is 14.7 Å². The Hall–Kier alpha value is -2.37. The van der Waals surface area contributed by atoms with Gasteiger partial charge >= 0.3 is 5.97 Å². The Labute approximate surface area is 144 Å². The van der Waals surface area contributed by atoms with Crippen LogP contribution in [0.3, 0.4) is 0 Å². The molecule has 0 aliphatic rings. The molecule has 1 heterocycles. The number of carbonyl (C=O) groups is 2. The maximum absolute atomic E-state index is 11.7. The van der Waals surface area contributed by atoms with Gasteiger partial charge in [-0.25, -0.2) is 4.79 Å². The number of benzene rings is 1. The number of nitrogens with one attached hydrogen (secondary N) is 1. The van der Waals surface area contributed by atoms with Crippen LogP contribution in [0, 0.1) is 11.3 Å². The molecule has 0 saturated heterocycles. The minimum Gasteiger partial charge on any atom is -0.482 e. The number of hydrogen-bond acceptors (Lipinski definition) is 6. The average Bonchev–Trinajstić information content (AvgIpc) is 2.98. The number of esters is 1. The summed E-state index contributed by atoms with van der Waals surface area (Å²) in [5, 5.41) is 13.5. The van der Waals surface area contributed by atoms with Crippen LogP contribution in [-0.2, 0) is 14.3 Å². The lowest BCUT2D eigenvalue weighted by molar-refractivity contribution is -0.149. The van der Waals surface area contributed by atoms with Crippen molar-refractivity contribution in [3.05, 3.63) is 45.7 Å². The van der Waals surface area contributed by atoms with Gasteiger partial charge in [0.2, 0.25) is 0 Å². The molecule has 1 N–H and O–H groups in total. The zero-order chi connectivity index (χ0) is 16.7. The number of nitriles is 1. The molecule has 23 heavy (non-hydrogen) atoms. The Morgan fingerprint density at radius 2 is 2.13 bits per heavy atom. The van der Waals surface area contributed by atoms with Gasteiger partial charge in [-0.2, -0.15) is 5.26 Å². The summed E-state index contributed by atoms with van der Waals surface area (Å²) in [5.74, 6) is -0.662. The van der Waals surface area contributed by atoms with Crippen molar-refractivity contribution in [1.29, 1.82) is 5.26 Å². The molecule has 2 rings (SSSR count). The quantitative estimate of drug-likeness (QED) is 0.760. The minimum absolute atomic E-state index is 0.299. The second-order valence-corrected chi connectivity index (χ2v) is 6.06. The molecule has 0 saturated carbocycles. The normalized spacial score (nSPS) is 9.74. The lowest BCUT2D eigenvalue weighted by atomic mass is 10.3. The van der Waals surface area contributed by atoms with Crippen LogP contribution in [0.5, 0.6) is 5.75 Å². The van der Waals surface area contributed by atoms with Crippen LogP contribution < -0.4 is 10.1 Å². The average molecular weight is 395 g/mol. The molecule has 0 aliphatic carbocycles. The first-order chi connectivity index (χ1) is 11.1. The predicted molar refractivity (Wildman–Crippen MR) is 88.3 cm³/mol. The van der Waals surface area contributed by atoms with Crippen molar-refractivity contribution in [2.24, 2.45) is 0 Å². The molecule has 0 spiro atoms. The van der Waals surface area contributed by atoms with Crippen molar-refractivity contribution < 1.29 is 19.1 Å². The number of anilines is 1. The van der Waals surface area contributed by atoms with E-state index in [1.54, 1.807) is 29.6 Å². The van der Waals surface area contributed by atoms with Crippen molar-refractivity contribution in [3.63, 3.8) is 0 Å². The molecule has 8 heteroatoms. The molecule has 0 aliphatic heterocycles. The number of rotatable bonds is 6. The minimum atomic E-state index is -0.660. The molecule has 1 amide bonds. The monoisotopic (exact) mass is 394 g/mol. The summed E-state index contributed by atoms with van der Waals surface area (Å²) in [4.78, 5) is 23.2. The van der Waals surface area contributed by atoms with Crippen LogP contribution in [0.2, 0.25) is 0 Å². The highest BCUT2D eigenvalue weighted by Gasteiger charge is 2.11. The van der Waals surface area contributed by atoms with Crippen molar-refractivity contribution in [2.45, 2.75) is 0 Å². The first kappa shape index (κ1) is 17.0. The van der Waals surface area contributed by atoms with Crippen molar-refractivity contribution in [1.82, 2.24) is 0 Å². The first-order valence-electron chi connectivity index (χ1n) is 6.40. The second-order valence-electron chi connectivity index (χ2n) is 4.23. The van der Waals surface area contributed by atoms with Crippen molar-refractivity contribution >= 4 is 44.1 Å². The zero-order valence-corrected chi connectivity index (χ0v) is 14.1. The molecule has 118 valence electrons. The zero-order valence-electron chi connectivity index (χ0n) is 11.7. The molecule has 0 unspecified atom stereocenters. The SMILES string of the molecule is N#Cc1ccsc1NC(=O)COC(=O)COc1cccc(Br)c1. The van der Waals surface area contributed by atoms with Crippen LogP contribution in [0.1, 0.15) is 5.56 Å². The van der Waals surface area contributed by atoms with Gasteiger partial charge in [0.15, 0.2) is 13.2 Å². The smallest absolute Gasteiger partial charge is 0.344 e. The summed E-state index contributed by atoms with van der Waals surface area (Å²) in [5.41, 5.74) is 0.368. The van der Waals surface area contributed by atoms with E-state index in [2.05, 4.69) is 21.2 Å². The van der Waals surface area contributed by atoms with Crippen molar-refractivity contribution in [3.8, 4) is 11.8 Å². The van der Waals surface area contributed by atoms with Gasteiger partial charge in [0.1, 0.15) is 16.8 Å². The Morgan fingerprint density at radius 3 is 2.87 bits per heavy atom.